The molecule has 0 aliphatic carbocycles. The van der Waals surface area contributed by atoms with Crippen LogP contribution >= 0.6 is 0 Å². The zero-order chi connectivity index (χ0) is 30.6. The first-order valence-electron chi connectivity index (χ1n) is 14.3. The maximum atomic E-state index is 13.4. The number of hydrogen-bond acceptors (Lipinski definition) is 7. The summed E-state index contributed by atoms with van der Waals surface area (Å²) in [5.74, 6) is -1.83. The first-order chi connectivity index (χ1) is 20.8. The number of hydrogen-bond donors (Lipinski definition) is 6. The van der Waals surface area contributed by atoms with Crippen molar-refractivity contribution in [3.63, 3.8) is 0 Å². The average Bonchev–Trinajstić information content (AvgIpc) is 3.01. The first kappa shape index (κ1) is 31.2. The number of amides is 4. The van der Waals surface area contributed by atoms with Crippen LogP contribution in [0.1, 0.15) is 16.7 Å². The normalized spacial score (nSPS) is 19.4. The SMILES string of the molecule is N[C@@H](Cc1ccc(O)cc1)C(=O)N[C@@H]1CN(Cc2ccccc2)CCNC(=O)[C@H](Cc2ccccc2)NC(=O)CNC1=O. The van der Waals surface area contributed by atoms with Crippen LogP contribution in [-0.2, 0) is 38.6 Å². The molecule has 1 aliphatic rings. The predicted molar refractivity (Wildman–Crippen MR) is 162 cm³/mol. The summed E-state index contributed by atoms with van der Waals surface area (Å²) in [6.45, 7) is 0.841. The van der Waals surface area contributed by atoms with E-state index in [9.17, 15) is 24.3 Å². The van der Waals surface area contributed by atoms with Crippen molar-refractivity contribution >= 4 is 23.6 Å². The molecule has 0 spiro atoms. The van der Waals surface area contributed by atoms with E-state index in [0.717, 1.165) is 16.7 Å². The van der Waals surface area contributed by atoms with Crippen LogP contribution in [0, 0.1) is 0 Å². The molecule has 4 rings (SSSR count). The third-order valence-electron chi connectivity index (χ3n) is 7.14. The molecule has 3 aromatic rings. The molecule has 0 unspecified atom stereocenters. The quantitative estimate of drug-likeness (QED) is 0.220. The largest absolute Gasteiger partial charge is 0.508 e. The number of carbonyl (C=O) groups excluding carboxylic acids is 4. The van der Waals surface area contributed by atoms with Gasteiger partial charge in [-0.05, 0) is 35.2 Å². The standard InChI is InChI=1S/C32H38N6O5/c33-26(17-23-11-13-25(39)14-12-23)30(41)37-28-21-38(20-24-9-5-2-6-10-24)16-15-34-31(42)27(18-22-7-3-1-4-8-22)36-29(40)19-35-32(28)43/h1-14,26-28,39H,15-21,33H2,(H,34,42)(H,35,43)(H,36,40)(H,37,41)/t26-,27-,28+/m0/s1. The van der Waals surface area contributed by atoms with Gasteiger partial charge in [0, 0.05) is 32.6 Å². The third-order valence-corrected chi connectivity index (χ3v) is 7.14. The van der Waals surface area contributed by atoms with E-state index in [1.807, 2.05) is 65.6 Å². The van der Waals surface area contributed by atoms with Crippen LogP contribution in [-0.4, -0.2) is 77.9 Å². The number of benzene rings is 3. The van der Waals surface area contributed by atoms with Crippen LogP contribution in [0.4, 0.5) is 0 Å². The summed E-state index contributed by atoms with van der Waals surface area (Å²) in [5.41, 5.74) is 8.81. The zero-order valence-electron chi connectivity index (χ0n) is 23.9. The number of nitrogens with two attached hydrogens (primary N) is 1. The van der Waals surface area contributed by atoms with Crippen molar-refractivity contribution in [2.24, 2.45) is 5.73 Å². The van der Waals surface area contributed by atoms with E-state index < -0.39 is 35.8 Å². The molecule has 0 radical (unpaired) electrons. The Bertz CT molecular complexity index is 1370. The summed E-state index contributed by atoms with van der Waals surface area (Å²) >= 11 is 0. The molecular formula is C32H38N6O5. The van der Waals surface area contributed by atoms with Gasteiger partial charge in [-0.1, -0.05) is 72.8 Å². The van der Waals surface area contributed by atoms with E-state index in [0.29, 0.717) is 13.1 Å². The van der Waals surface area contributed by atoms with Crippen LogP contribution in [0.5, 0.6) is 5.75 Å². The molecular weight excluding hydrogens is 548 g/mol. The fraction of sp³-hybridized carbons (Fsp3) is 0.312. The van der Waals surface area contributed by atoms with Gasteiger partial charge in [0.1, 0.15) is 17.8 Å². The van der Waals surface area contributed by atoms with E-state index in [2.05, 4.69) is 21.3 Å². The van der Waals surface area contributed by atoms with Gasteiger partial charge in [0.15, 0.2) is 0 Å². The van der Waals surface area contributed by atoms with Gasteiger partial charge >= 0.3 is 0 Å². The Balaban J connectivity index is 1.51. The molecule has 1 aliphatic heterocycles. The van der Waals surface area contributed by atoms with Gasteiger partial charge < -0.3 is 32.1 Å². The molecule has 1 fully saturated rings. The topological polar surface area (TPSA) is 166 Å². The van der Waals surface area contributed by atoms with Gasteiger partial charge in [-0.15, -0.1) is 0 Å². The maximum Gasteiger partial charge on any atom is 0.244 e. The lowest BCUT2D eigenvalue weighted by Crippen LogP contribution is -2.57. The molecule has 0 bridgehead atoms. The Hall–Kier alpha value is -4.74. The van der Waals surface area contributed by atoms with Gasteiger partial charge in [-0.2, -0.15) is 0 Å². The van der Waals surface area contributed by atoms with Crippen LogP contribution in [0.2, 0.25) is 0 Å². The van der Waals surface area contributed by atoms with Crippen LogP contribution in [0.3, 0.4) is 0 Å². The lowest BCUT2D eigenvalue weighted by Gasteiger charge is -2.28. The molecule has 0 saturated carbocycles. The summed E-state index contributed by atoms with van der Waals surface area (Å²) < 4.78 is 0. The number of carbonyl (C=O) groups is 4. The van der Waals surface area contributed by atoms with E-state index in [4.69, 9.17) is 5.73 Å². The maximum absolute atomic E-state index is 13.4. The van der Waals surface area contributed by atoms with Crippen molar-refractivity contribution in [1.82, 2.24) is 26.2 Å². The monoisotopic (exact) mass is 586 g/mol. The molecule has 226 valence electrons. The van der Waals surface area contributed by atoms with Crippen molar-refractivity contribution in [2.45, 2.75) is 37.5 Å². The van der Waals surface area contributed by atoms with E-state index in [1.54, 1.807) is 12.1 Å². The van der Waals surface area contributed by atoms with Gasteiger partial charge in [0.2, 0.25) is 23.6 Å². The van der Waals surface area contributed by atoms with Gasteiger partial charge in [-0.25, -0.2) is 0 Å². The second-order valence-electron chi connectivity index (χ2n) is 10.6. The second kappa shape index (κ2) is 15.5. The highest BCUT2D eigenvalue weighted by atomic mass is 16.3. The summed E-state index contributed by atoms with van der Waals surface area (Å²) in [7, 11) is 0. The minimum absolute atomic E-state index is 0.104. The fourth-order valence-corrected chi connectivity index (χ4v) is 4.84. The first-order valence-corrected chi connectivity index (χ1v) is 14.3. The molecule has 1 heterocycles. The summed E-state index contributed by atoms with van der Waals surface area (Å²) in [5, 5.41) is 20.5. The highest BCUT2D eigenvalue weighted by molar-refractivity contribution is 5.93. The second-order valence-corrected chi connectivity index (χ2v) is 10.6. The highest BCUT2D eigenvalue weighted by Gasteiger charge is 2.28. The molecule has 3 atom stereocenters. The lowest BCUT2D eigenvalue weighted by molar-refractivity contribution is -0.132. The molecule has 11 heteroatoms. The number of nitrogens with one attached hydrogen (secondary N) is 4. The van der Waals surface area contributed by atoms with E-state index in [1.165, 1.54) is 12.1 Å². The van der Waals surface area contributed by atoms with Crippen molar-refractivity contribution in [3.05, 3.63) is 102 Å². The molecule has 3 aromatic carbocycles. The summed E-state index contributed by atoms with van der Waals surface area (Å²) in [4.78, 5) is 54.4. The molecule has 0 aromatic heterocycles. The van der Waals surface area contributed by atoms with Gasteiger partial charge in [0.25, 0.3) is 0 Å². The van der Waals surface area contributed by atoms with E-state index >= 15 is 0 Å². The number of rotatable bonds is 8. The van der Waals surface area contributed by atoms with Crippen LogP contribution < -0.4 is 27.0 Å². The lowest BCUT2D eigenvalue weighted by atomic mass is 10.1. The molecule has 11 nitrogen and oxygen atoms in total. The summed E-state index contributed by atoms with van der Waals surface area (Å²) in [6, 6.07) is 22.6. The van der Waals surface area contributed by atoms with Crippen molar-refractivity contribution in [3.8, 4) is 5.75 Å². The Morgan fingerprint density at radius 3 is 2.21 bits per heavy atom. The Morgan fingerprint density at radius 2 is 1.53 bits per heavy atom. The smallest absolute Gasteiger partial charge is 0.244 e. The van der Waals surface area contributed by atoms with Crippen molar-refractivity contribution in [2.75, 3.05) is 26.2 Å². The number of phenolic OH excluding ortho intramolecular Hbond substituents is 1. The minimum Gasteiger partial charge on any atom is -0.508 e. The summed E-state index contributed by atoms with van der Waals surface area (Å²) in [6.07, 6.45) is 0.489. The van der Waals surface area contributed by atoms with Crippen LogP contribution in [0.25, 0.3) is 0 Å². The van der Waals surface area contributed by atoms with E-state index in [-0.39, 0.29) is 44.1 Å². The predicted octanol–water partition coefficient (Wildman–Crippen LogP) is 0.223. The Labute approximate surface area is 250 Å². The average molecular weight is 587 g/mol. The number of phenols is 1. The van der Waals surface area contributed by atoms with Crippen molar-refractivity contribution < 1.29 is 24.3 Å². The molecule has 7 N–H and O–H groups in total. The Morgan fingerprint density at radius 1 is 0.884 bits per heavy atom. The zero-order valence-corrected chi connectivity index (χ0v) is 23.9. The van der Waals surface area contributed by atoms with Gasteiger partial charge in [0.05, 0.1) is 12.6 Å². The third kappa shape index (κ3) is 9.94. The minimum atomic E-state index is -1.02. The molecule has 43 heavy (non-hydrogen) atoms. The number of aromatic hydroxyl groups is 1. The molecule has 1 saturated heterocycles. The Kier molecular flexibility index (Phi) is 11.2. The van der Waals surface area contributed by atoms with Gasteiger partial charge in [-0.3, -0.25) is 24.1 Å². The number of nitrogens with zero attached hydrogens (tertiary/aromatic N) is 1. The molecule has 4 amide bonds. The van der Waals surface area contributed by atoms with Crippen LogP contribution in [0.15, 0.2) is 84.9 Å². The van der Waals surface area contributed by atoms with Crippen molar-refractivity contribution in [1.29, 1.82) is 0 Å². The highest BCUT2D eigenvalue weighted by Crippen LogP contribution is 2.12. The fourth-order valence-electron chi connectivity index (χ4n) is 4.84.